The van der Waals surface area contributed by atoms with Crippen LogP contribution in [0.1, 0.15) is 18.7 Å². The van der Waals surface area contributed by atoms with Gasteiger partial charge in [0.2, 0.25) is 0 Å². The van der Waals surface area contributed by atoms with Crippen LogP contribution in [-0.4, -0.2) is 39.2 Å². The second-order valence-corrected chi connectivity index (χ2v) is 6.48. The van der Waals surface area contributed by atoms with Crippen LogP contribution >= 0.6 is 0 Å². The number of fused-ring (bicyclic) bond motifs is 1. The zero-order valence-electron chi connectivity index (χ0n) is 14.3. The molecule has 1 saturated heterocycles. The van der Waals surface area contributed by atoms with Gasteiger partial charge in [0, 0.05) is 31.4 Å². The molecule has 142 valence electrons. The topological polar surface area (TPSA) is 61.5 Å². The summed E-state index contributed by atoms with van der Waals surface area (Å²) < 4.78 is 48.1. The Hall–Kier alpha value is -2.68. The van der Waals surface area contributed by atoms with E-state index < -0.39 is 6.36 Å². The minimum atomic E-state index is -4.71. The molecule has 0 aliphatic carbocycles. The Labute approximate surface area is 153 Å². The van der Waals surface area contributed by atoms with Crippen LogP contribution in [0.2, 0.25) is 0 Å². The molecular weight excluding hydrogens is 361 g/mol. The zero-order chi connectivity index (χ0) is 18.9. The van der Waals surface area contributed by atoms with Crippen molar-refractivity contribution in [3.05, 3.63) is 42.5 Å². The number of hydrogen-bond acceptors (Lipinski definition) is 5. The zero-order valence-corrected chi connectivity index (χ0v) is 14.3. The van der Waals surface area contributed by atoms with E-state index in [9.17, 15) is 13.2 Å². The van der Waals surface area contributed by atoms with E-state index in [2.05, 4.69) is 19.9 Å². The summed E-state index contributed by atoms with van der Waals surface area (Å²) >= 11 is 0. The Kier molecular flexibility index (Phi) is 4.69. The normalized spacial score (nSPS) is 18.0. The number of ether oxygens (including phenoxy) is 2. The average molecular weight is 378 g/mol. The number of benzene rings is 1. The molecule has 0 spiro atoms. The summed E-state index contributed by atoms with van der Waals surface area (Å²) in [6, 6.07) is 5.60. The molecule has 3 heterocycles. The summed E-state index contributed by atoms with van der Waals surface area (Å²) in [5.41, 5.74) is 1.91. The molecule has 0 unspecified atom stereocenters. The molecule has 4 rings (SSSR count). The second kappa shape index (κ2) is 7.15. The Morgan fingerprint density at radius 3 is 2.70 bits per heavy atom. The van der Waals surface area contributed by atoms with Gasteiger partial charge in [-0.15, -0.1) is 23.4 Å². The molecule has 6 nitrogen and oxygen atoms in total. The number of hydrogen-bond donors (Lipinski definition) is 0. The molecule has 1 atom stereocenters. The highest BCUT2D eigenvalue weighted by Crippen LogP contribution is 2.26. The van der Waals surface area contributed by atoms with Crippen molar-refractivity contribution in [2.45, 2.75) is 25.6 Å². The standard InChI is InChI=1S/C18H17F3N4O2/c19-18(20,21)27-14-5-3-13(4-6-14)15-10-25-16(23-24-17(25)9-22-15)8-12-2-1-7-26-11-12/h3-6,9-10,12H,1-2,7-8,11H2/t12-/m1/s1. The van der Waals surface area contributed by atoms with E-state index >= 15 is 0 Å². The molecule has 0 N–H and O–H groups in total. The summed E-state index contributed by atoms with van der Waals surface area (Å²) in [5.74, 6) is 0.956. The summed E-state index contributed by atoms with van der Waals surface area (Å²) in [5, 5.41) is 8.39. The highest BCUT2D eigenvalue weighted by atomic mass is 19.4. The van der Waals surface area contributed by atoms with Crippen molar-refractivity contribution in [1.29, 1.82) is 0 Å². The first-order valence-corrected chi connectivity index (χ1v) is 8.61. The summed E-state index contributed by atoms with van der Waals surface area (Å²) in [7, 11) is 0. The number of aromatic nitrogens is 4. The van der Waals surface area contributed by atoms with Gasteiger partial charge in [-0.1, -0.05) is 0 Å². The van der Waals surface area contributed by atoms with E-state index in [1.165, 1.54) is 24.3 Å². The van der Waals surface area contributed by atoms with Crippen LogP contribution in [0.4, 0.5) is 13.2 Å². The Bertz CT molecular complexity index is 918. The van der Waals surface area contributed by atoms with Gasteiger partial charge >= 0.3 is 6.36 Å². The molecule has 0 saturated carbocycles. The molecular formula is C18H17F3N4O2. The highest BCUT2D eigenvalue weighted by molar-refractivity contribution is 5.60. The van der Waals surface area contributed by atoms with Gasteiger partial charge in [-0.05, 0) is 43.0 Å². The van der Waals surface area contributed by atoms with Crippen molar-refractivity contribution in [3.8, 4) is 17.0 Å². The lowest BCUT2D eigenvalue weighted by atomic mass is 9.98. The molecule has 0 amide bonds. The van der Waals surface area contributed by atoms with E-state index in [0.717, 1.165) is 31.7 Å². The molecule has 1 aliphatic rings. The Balaban J connectivity index is 1.58. The first kappa shape index (κ1) is 17.7. The molecule has 1 aromatic carbocycles. The Morgan fingerprint density at radius 2 is 2.00 bits per heavy atom. The average Bonchev–Trinajstić information content (AvgIpc) is 3.04. The highest BCUT2D eigenvalue weighted by Gasteiger charge is 2.31. The first-order chi connectivity index (χ1) is 13.0. The predicted molar refractivity (Wildman–Crippen MR) is 90.1 cm³/mol. The molecule has 1 aliphatic heterocycles. The van der Waals surface area contributed by atoms with Gasteiger partial charge in [-0.2, -0.15) is 0 Å². The van der Waals surface area contributed by atoms with Crippen molar-refractivity contribution >= 4 is 5.65 Å². The summed E-state index contributed by atoms with van der Waals surface area (Å²) in [4.78, 5) is 4.33. The largest absolute Gasteiger partial charge is 0.573 e. The van der Waals surface area contributed by atoms with E-state index in [-0.39, 0.29) is 5.75 Å². The van der Waals surface area contributed by atoms with Crippen LogP contribution in [0, 0.1) is 5.92 Å². The minimum Gasteiger partial charge on any atom is -0.406 e. The molecule has 1 fully saturated rings. The fourth-order valence-electron chi connectivity index (χ4n) is 3.19. The third-order valence-electron chi connectivity index (χ3n) is 4.47. The molecule has 9 heteroatoms. The van der Waals surface area contributed by atoms with Crippen molar-refractivity contribution in [3.63, 3.8) is 0 Å². The van der Waals surface area contributed by atoms with Gasteiger partial charge in [0.25, 0.3) is 0 Å². The second-order valence-electron chi connectivity index (χ2n) is 6.48. The number of nitrogens with zero attached hydrogens (tertiary/aromatic N) is 4. The lowest BCUT2D eigenvalue weighted by Gasteiger charge is -2.21. The predicted octanol–water partition coefficient (Wildman–Crippen LogP) is 3.66. The number of alkyl halides is 3. The van der Waals surface area contributed by atoms with E-state index in [0.29, 0.717) is 29.4 Å². The van der Waals surface area contributed by atoms with Gasteiger partial charge in [0.1, 0.15) is 11.6 Å². The van der Waals surface area contributed by atoms with Gasteiger partial charge in [0.15, 0.2) is 5.65 Å². The van der Waals surface area contributed by atoms with Gasteiger partial charge in [0.05, 0.1) is 11.9 Å². The Morgan fingerprint density at radius 1 is 1.19 bits per heavy atom. The van der Waals surface area contributed by atoms with Crippen molar-refractivity contribution in [2.75, 3.05) is 13.2 Å². The third kappa shape index (κ3) is 4.19. The molecule has 0 bridgehead atoms. The maximum Gasteiger partial charge on any atom is 0.573 e. The third-order valence-corrected chi connectivity index (χ3v) is 4.47. The first-order valence-electron chi connectivity index (χ1n) is 8.61. The monoisotopic (exact) mass is 378 g/mol. The van der Waals surface area contributed by atoms with Crippen LogP contribution < -0.4 is 4.74 Å². The van der Waals surface area contributed by atoms with Crippen LogP contribution in [-0.2, 0) is 11.2 Å². The van der Waals surface area contributed by atoms with Crippen molar-refractivity contribution < 1.29 is 22.6 Å². The fourth-order valence-corrected chi connectivity index (χ4v) is 3.19. The molecule has 0 radical (unpaired) electrons. The lowest BCUT2D eigenvalue weighted by Crippen LogP contribution is -2.20. The van der Waals surface area contributed by atoms with E-state index in [1.54, 1.807) is 12.4 Å². The quantitative estimate of drug-likeness (QED) is 0.693. The lowest BCUT2D eigenvalue weighted by molar-refractivity contribution is -0.274. The SMILES string of the molecule is FC(F)(F)Oc1ccc(-c2cn3c(C[C@H]4CCCOC4)nnc3cn2)cc1. The van der Waals surface area contributed by atoms with Crippen molar-refractivity contribution in [2.24, 2.45) is 5.92 Å². The molecule has 2 aromatic heterocycles. The number of rotatable bonds is 4. The minimum absolute atomic E-state index is 0.269. The van der Waals surface area contributed by atoms with Crippen LogP contribution in [0.15, 0.2) is 36.7 Å². The fraction of sp³-hybridized carbons (Fsp3) is 0.389. The van der Waals surface area contributed by atoms with Crippen LogP contribution in [0.5, 0.6) is 5.75 Å². The summed E-state index contributed by atoms with van der Waals surface area (Å²) in [6.45, 7) is 1.52. The maximum absolute atomic E-state index is 12.3. The van der Waals surface area contributed by atoms with Crippen LogP contribution in [0.25, 0.3) is 16.9 Å². The van der Waals surface area contributed by atoms with Gasteiger partial charge in [-0.25, -0.2) is 0 Å². The number of halogens is 3. The molecule has 27 heavy (non-hydrogen) atoms. The van der Waals surface area contributed by atoms with Gasteiger partial charge < -0.3 is 9.47 Å². The summed E-state index contributed by atoms with van der Waals surface area (Å²) in [6.07, 6.45) is 1.58. The van der Waals surface area contributed by atoms with Crippen molar-refractivity contribution in [1.82, 2.24) is 19.6 Å². The molecule has 3 aromatic rings. The maximum atomic E-state index is 12.3. The van der Waals surface area contributed by atoms with E-state index in [1.807, 2.05) is 4.40 Å². The van der Waals surface area contributed by atoms with Gasteiger partial charge in [-0.3, -0.25) is 9.38 Å². The smallest absolute Gasteiger partial charge is 0.406 e. The van der Waals surface area contributed by atoms with E-state index in [4.69, 9.17) is 4.74 Å². The van der Waals surface area contributed by atoms with Crippen LogP contribution in [0.3, 0.4) is 0 Å².